The van der Waals surface area contributed by atoms with Gasteiger partial charge in [0.25, 0.3) is 0 Å². The Morgan fingerprint density at radius 1 is 1.47 bits per heavy atom. The van der Waals surface area contributed by atoms with E-state index in [4.69, 9.17) is 11.6 Å². The average molecular weight is 253 g/mol. The first-order valence-corrected chi connectivity index (χ1v) is 6.36. The highest BCUT2D eigenvalue weighted by Gasteiger charge is 2.38. The van der Waals surface area contributed by atoms with Crippen LogP contribution in [0.15, 0.2) is 24.3 Å². The number of nitrogens with one attached hydrogen (secondary N) is 2. The number of hydrogen-bond acceptors (Lipinski definition) is 2. The monoisotopic (exact) mass is 252 g/mol. The largest absolute Gasteiger partial charge is 0.324 e. The van der Waals surface area contributed by atoms with Gasteiger partial charge in [0.1, 0.15) is 0 Å². The summed E-state index contributed by atoms with van der Waals surface area (Å²) in [4.78, 5) is 12.2. The van der Waals surface area contributed by atoms with Crippen LogP contribution in [0.25, 0.3) is 0 Å². The molecule has 1 fully saturated rings. The second kappa shape index (κ2) is 5.07. The molecule has 17 heavy (non-hydrogen) atoms. The third kappa shape index (κ3) is 2.61. The fraction of sp³-hybridized carbons (Fsp3) is 0.462. The van der Waals surface area contributed by atoms with E-state index in [0.717, 1.165) is 31.5 Å². The van der Waals surface area contributed by atoms with Crippen molar-refractivity contribution >= 4 is 23.2 Å². The number of benzene rings is 1. The third-order valence-electron chi connectivity index (χ3n) is 3.38. The van der Waals surface area contributed by atoms with Crippen LogP contribution in [-0.2, 0) is 4.79 Å². The summed E-state index contributed by atoms with van der Waals surface area (Å²) in [6.45, 7) is 2.96. The Balaban J connectivity index is 2.08. The van der Waals surface area contributed by atoms with Crippen molar-refractivity contribution in [2.45, 2.75) is 31.7 Å². The summed E-state index contributed by atoms with van der Waals surface area (Å²) in [6.07, 6.45) is 2.78. The zero-order valence-electron chi connectivity index (χ0n) is 9.92. The minimum absolute atomic E-state index is 0.0554. The second-order valence-corrected chi connectivity index (χ2v) is 4.86. The fourth-order valence-electron chi connectivity index (χ4n) is 2.25. The molecule has 1 amide bonds. The molecular weight excluding hydrogens is 236 g/mol. The van der Waals surface area contributed by atoms with Crippen molar-refractivity contribution in [3.05, 3.63) is 29.3 Å². The SMILES string of the molecule is CCC1(C(=O)Nc2ccc(Cl)cc2)CCCN1. The number of halogens is 1. The minimum atomic E-state index is -0.389. The van der Waals surface area contributed by atoms with E-state index < -0.39 is 0 Å². The molecule has 1 heterocycles. The number of carbonyl (C=O) groups is 1. The molecule has 0 radical (unpaired) electrons. The highest BCUT2D eigenvalue weighted by atomic mass is 35.5. The lowest BCUT2D eigenvalue weighted by atomic mass is 9.93. The Hall–Kier alpha value is -1.06. The van der Waals surface area contributed by atoms with E-state index in [1.165, 1.54) is 0 Å². The van der Waals surface area contributed by atoms with Gasteiger partial charge in [-0.1, -0.05) is 18.5 Å². The third-order valence-corrected chi connectivity index (χ3v) is 3.64. The summed E-state index contributed by atoms with van der Waals surface area (Å²) in [5.41, 5.74) is 0.403. The van der Waals surface area contributed by atoms with Gasteiger partial charge in [0, 0.05) is 10.7 Å². The molecule has 1 aromatic rings. The van der Waals surface area contributed by atoms with Crippen molar-refractivity contribution in [2.24, 2.45) is 0 Å². The molecule has 2 rings (SSSR count). The standard InChI is InChI=1S/C13H17ClN2O/c1-2-13(8-3-9-15-13)12(17)16-11-6-4-10(14)5-7-11/h4-7,15H,2-3,8-9H2,1H3,(H,16,17). The molecule has 92 valence electrons. The highest BCUT2D eigenvalue weighted by Crippen LogP contribution is 2.25. The summed E-state index contributed by atoms with van der Waals surface area (Å²) >= 11 is 5.80. The summed E-state index contributed by atoms with van der Waals surface area (Å²) < 4.78 is 0. The molecule has 2 N–H and O–H groups in total. The van der Waals surface area contributed by atoms with Gasteiger partial charge in [0.15, 0.2) is 0 Å². The van der Waals surface area contributed by atoms with Gasteiger partial charge in [-0.25, -0.2) is 0 Å². The molecule has 4 heteroatoms. The highest BCUT2D eigenvalue weighted by molar-refractivity contribution is 6.30. The minimum Gasteiger partial charge on any atom is -0.324 e. The Bertz CT molecular complexity index is 396. The van der Waals surface area contributed by atoms with E-state index in [1.807, 2.05) is 19.1 Å². The molecule has 0 spiro atoms. The van der Waals surface area contributed by atoms with Crippen LogP contribution < -0.4 is 10.6 Å². The predicted octanol–water partition coefficient (Wildman–Crippen LogP) is 2.81. The Morgan fingerprint density at radius 3 is 2.71 bits per heavy atom. The van der Waals surface area contributed by atoms with Crippen LogP contribution in [0.5, 0.6) is 0 Å². The zero-order chi connectivity index (χ0) is 12.3. The maximum Gasteiger partial charge on any atom is 0.244 e. The number of anilines is 1. The van der Waals surface area contributed by atoms with E-state index in [0.29, 0.717) is 5.02 Å². The van der Waals surface area contributed by atoms with Gasteiger partial charge in [-0.15, -0.1) is 0 Å². The predicted molar refractivity (Wildman–Crippen MR) is 70.3 cm³/mol. The fourth-order valence-corrected chi connectivity index (χ4v) is 2.37. The van der Waals surface area contributed by atoms with Crippen molar-refractivity contribution in [1.29, 1.82) is 0 Å². The lowest BCUT2D eigenvalue weighted by Crippen LogP contribution is -2.50. The molecule has 1 aliphatic heterocycles. The zero-order valence-corrected chi connectivity index (χ0v) is 10.7. The molecule has 0 aromatic heterocycles. The molecule has 0 aliphatic carbocycles. The maximum atomic E-state index is 12.2. The van der Waals surface area contributed by atoms with E-state index in [1.54, 1.807) is 12.1 Å². The summed E-state index contributed by atoms with van der Waals surface area (Å²) in [5, 5.41) is 6.93. The molecule has 1 aliphatic rings. The first-order chi connectivity index (χ1) is 8.16. The van der Waals surface area contributed by atoms with Crippen LogP contribution in [0.4, 0.5) is 5.69 Å². The van der Waals surface area contributed by atoms with Crippen molar-refractivity contribution in [3.63, 3.8) is 0 Å². The number of carbonyl (C=O) groups excluding carboxylic acids is 1. The van der Waals surface area contributed by atoms with Gasteiger partial charge in [-0.05, 0) is 50.1 Å². The summed E-state index contributed by atoms with van der Waals surface area (Å²) in [5.74, 6) is 0.0554. The van der Waals surface area contributed by atoms with Crippen LogP contribution in [0, 0.1) is 0 Å². The summed E-state index contributed by atoms with van der Waals surface area (Å²) in [7, 11) is 0. The van der Waals surface area contributed by atoms with Crippen LogP contribution in [0.2, 0.25) is 5.02 Å². The van der Waals surface area contributed by atoms with Crippen LogP contribution in [-0.4, -0.2) is 18.0 Å². The lowest BCUT2D eigenvalue weighted by molar-refractivity contribution is -0.122. The van der Waals surface area contributed by atoms with E-state index in [-0.39, 0.29) is 11.4 Å². The van der Waals surface area contributed by atoms with Crippen molar-refractivity contribution < 1.29 is 4.79 Å². The normalized spacial score (nSPS) is 23.6. The number of amides is 1. The Labute approximate surface area is 107 Å². The molecule has 0 bridgehead atoms. The second-order valence-electron chi connectivity index (χ2n) is 4.43. The van der Waals surface area contributed by atoms with Crippen molar-refractivity contribution in [3.8, 4) is 0 Å². The van der Waals surface area contributed by atoms with Gasteiger partial charge in [0.05, 0.1) is 5.54 Å². The van der Waals surface area contributed by atoms with Crippen LogP contribution >= 0.6 is 11.6 Å². The van der Waals surface area contributed by atoms with Crippen molar-refractivity contribution in [1.82, 2.24) is 5.32 Å². The first kappa shape index (κ1) is 12.4. The number of hydrogen-bond donors (Lipinski definition) is 2. The Kier molecular flexibility index (Phi) is 3.69. The van der Waals surface area contributed by atoms with Gasteiger partial charge in [0.2, 0.25) is 5.91 Å². The maximum absolute atomic E-state index is 12.2. The van der Waals surface area contributed by atoms with Crippen LogP contribution in [0.1, 0.15) is 26.2 Å². The average Bonchev–Trinajstić information content (AvgIpc) is 2.82. The van der Waals surface area contributed by atoms with Gasteiger partial charge < -0.3 is 10.6 Å². The van der Waals surface area contributed by atoms with Gasteiger partial charge >= 0.3 is 0 Å². The van der Waals surface area contributed by atoms with E-state index in [9.17, 15) is 4.79 Å². The van der Waals surface area contributed by atoms with E-state index in [2.05, 4.69) is 10.6 Å². The van der Waals surface area contributed by atoms with E-state index >= 15 is 0 Å². The van der Waals surface area contributed by atoms with Crippen LogP contribution in [0.3, 0.4) is 0 Å². The molecule has 1 unspecified atom stereocenters. The molecule has 3 nitrogen and oxygen atoms in total. The molecular formula is C13H17ClN2O. The Morgan fingerprint density at radius 2 is 2.18 bits per heavy atom. The first-order valence-electron chi connectivity index (χ1n) is 5.98. The van der Waals surface area contributed by atoms with Crippen molar-refractivity contribution in [2.75, 3.05) is 11.9 Å². The smallest absolute Gasteiger partial charge is 0.244 e. The summed E-state index contributed by atoms with van der Waals surface area (Å²) in [6, 6.07) is 7.19. The topological polar surface area (TPSA) is 41.1 Å². The number of rotatable bonds is 3. The van der Waals surface area contributed by atoms with Gasteiger partial charge in [-0.2, -0.15) is 0 Å². The molecule has 1 saturated heterocycles. The lowest BCUT2D eigenvalue weighted by Gasteiger charge is -2.26. The molecule has 1 aromatic carbocycles. The molecule has 0 saturated carbocycles. The molecule has 1 atom stereocenters. The quantitative estimate of drug-likeness (QED) is 0.869. The van der Waals surface area contributed by atoms with Gasteiger partial charge in [-0.3, -0.25) is 4.79 Å².